The predicted molar refractivity (Wildman–Crippen MR) is 74.6 cm³/mol. The van der Waals surface area contributed by atoms with Crippen molar-refractivity contribution in [1.82, 2.24) is 0 Å². The first-order valence-corrected chi connectivity index (χ1v) is 6.06. The molecule has 0 fully saturated rings. The van der Waals surface area contributed by atoms with Crippen molar-refractivity contribution in [3.8, 4) is 5.75 Å². The van der Waals surface area contributed by atoms with Crippen LogP contribution in [0.4, 0.5) is 0 Å². The van der Waals surface area contributed by atoms with Crippen molar-refractivity contribution >= 4 is 11.9 Å². The second kappa shape index (κ2) is 8.32. The van der Waals surface area contributed by atoms with Crippen LogP contribution in [-0.4, -0.2) is 45.1 Å². The largest absolute Gasteiger partial charge is 1.00 e. The fourth-order valence-corrected chi connectivity index (χ4v) is 1.43. The summed E-state index contributed by atoms with van der Waals surface area (Å²) in [5, 5.41) is 0. The van der Waals surface area contributed by atoms with E-state index < -0.39 is 0 Å². The lowest BCUT2D eigenvalue weighted by molar-refractivity contribution is -0.869. The number of ketones is 1. The van der Waals surface area contributed by atoms with E-state index in [1.807, 2.05) is 30.3 Å². The fourth-order valence-electron chi connectivity index (χ4n) is 1.43. The van der Waals surface area contributed by atoms with E-state index in [9.17, 15) is 4.79 Å². The first kappa shape index (κ1) is 18.1. The molecule has 4 heteroatoms. The fraction of sp³-hybridized carbons (Fsp3) is 0.400. The highest BCUT2D eigenvalue weighted by atomic mass is 127. The summed E-state index contributed by atoms with van der Waals surface area (Å²) in [7, 11) is 7.89. The maximum absolute atomic E-state index is 11.7. The minimum atomic E-state index is 0. The van der Waals surface area contributed by atoms with Gasteiger partial charge < -0.3 is 33.2 Å². The maximum Gasteiger partial charge on any atom is 0.161 e. The zero-order chi connectivity index (χ0) is 13.6. The standard InChI is InChI=1S/C15H22NO2.HI/c1-16(2,3)12-11-14(17)8-5-13-6-9-15(18-4)10-7-13;/h5-10H,11-12H2,1-4H3;1H/q+1;/p-1/b8-5+;. The number of carbonyl (C=O) groups is 1. The summed E-state index contributed by atoms with van der Waals surface area (Å²) in [4.78, 5) is 11.7. The summed E-state index contributed by atoms with van der Waals surface area (Å²) in [5.41, 5.74) is 1.01. The van der Waals surface area contributed by atoms with Crippen LogP contribution in [0.25, 0.3) is 6.08 Å². The molecule has 0 unspecified atom stereocenters. The highest BCUT2D eigenvalue weighted by Gasteiger charge is 2.08. The molecule has 0 heterocycles. The van der Waals surface area contributed by atoms with E-state index in [4.69, 9.17) is 4.74 Å². The Morgan fingerprint density at radius 3 is 2.26 bits per heavy atom. The lowest BCUT2D eigenvalue weighted by Crippen LogP contribution is -3.00. The quantitative estimate of drug-likeness (QED) is 0.376. The Hall–Kier alpha value is -0.880. The van der Waals surface area contributed by atoms with Crippen molar-refractivity contribution < 1.29 is 38.0 Å². The van der Waals surface area contributed by atoms with Crippen molar-refractivity contribution in [2.45, 2.75) is 6.42 Å². The Morgan fingerprint density at radius 1 is 1.21 bits per heavy atom. The van der Waals surface area contributed by atoms with Crippen LogP contribution >= 0.6 is 0 Å². The molecule has 0 amide bonds. The van der Waals surface area contributed by atoms with Gasteiger partial charge in [0.05, 0.1) is 41.2 Å². The van der Waals surface area contributed by atoms with Crippen molar-refractivity contribution in [3.63, 3.8) is 0 Å². The molecule has 1 aromatic rings. The normalized spacial score (nSPS) is 11.2. The van der Waals surface area contributed by atoms with Gasteiger partial charge in [0, 0.05) is 0 Å². The smallest absolute Gasteiger partial charge is 0.161 e. The lowest BCUT2D eigenvalue weighted by atomic mass is 10.1. The highest BCUT2D eigenvalue weighted by Crippen LogP contribution is 2.12. The van der Waals surface area contributed by atoms with Crippen molar-refractivity contribution in [2.75, 3.05) is 34.8 Å². The molecular formula is C15H22INO2. The van der Waals surface area contributed by atoms with E-state index in [2.05, 4.69) is 21.1 Å². The van der Waals surface area contributed by atoms with E-state index >= 15 is 0 Å². The van der Waals surface area contributed by atoms with E-state index in [1.165, 1.54) is 0 Å². The summed E-state index contributed by atoms with van der Waals surface area (Å²) < 4.78 is 5.89. The Morgan fingerprint density at radius 2 is 1.79 bits per heavy atom. The second-order valence-electron chi connectivity index (χ2n) is 5.34. The monoisotopic (exact) mass is 375 g/mol. The zero-order valence-corrected chi connectivity index (χ0v) is 14.2. The molecule has 19 heavy (non-hydrogen) atoms. The number of ether oxygens (including phenoxy) is 1. The second-order valence-corrected chi connectivity index (χ2v) is 5.34. The molecule has 0 aliphatic carbocycles. The van der Waals surface area contributed by atoms with Crippen molar-refractivity contribution in [3.05, 3.63) is 35.9 Å². The molecule has 0 atom stereocenters. The molecule has 1 rings (SSSR count). The topological polar surface area (TPSA) is 26.3 Å². The van der Waals surface area contributed by atoms with Crippen LogP contribution in [0, 0.1) is 0 Å². The first-order valence-electron chi connectivity index (χ1n) is 6.06. The van der Waals surface area contributed by atoms with Gasteiger partial charge in [-0.25, -0.2) is 0 Å². The lowest BCUT2D eigenvalue weighted by Gasteiger charge is -2.22. The van der Waals surface area contributed by atoms with Gasteiger partial charge in [0.15, 0.2) is 5.78 Å². The number of hydrogen-bond donors (Lipinski definition) is 0. The average Bonchev–Trinajstić information content (AvgIpc) is 2.33. The van der Waals surface area contributed by atoms with Crippen molar-refractivity contribution in [2.24, 2.45) is 0 Å². The van der Waals surface area contributed by atoms with Gasteiger partial charge in [-0.2, -0.15) is 0 Å². The number of hydrogen-bond acceptors (Lipinski definition) is 2. The van der Waals surface area contributed by atoms with Gasteiger partial charge >= 0.3 is 0 Å². The summed E-state index contributed by atoms with van der Waals surface area (Å²) in [6.45, 7) is 0.853. The molecule has 0 saturated heterocycles. The van der Waals surface area contributed by atoms with Crippen LogP contribution < -0.4 is 28.7 Å². The molecule has 3 nitrogen and oxygen atoms in total. The molecular weight excluding hydrogens is 353 g/mol. The third-order valence-electron chi connectivity index (χ3n) is 2.61. The number of allylic oxidation sites excluding steroid dienone is 1. The van der Waals surface area contributed by atoms with Crippen molar-refractivity contribution in [1.29, 1.82) is 0 Å². The van der Waals surface area contributed by atoms with Crippen LogP contribution in [0.1, 0.15) is 12.0 Å². The van der Waals surface area contributed by atoms with Crippen LogP contribution in [0.3, 0.4) is 0 Å². The summed E-state index contributed by atoms with van der Waals surface area (Å²) in [5.74, 6) is 0.988. The van der Waals surface area contributed by atoms with E-state index in [1.54, 1.807) is 13.2 Å². The Bertz CT molecular complexity index is 419. The molecule has 106 valence electrons. The summed E-state index contributed by atoms with van der Waals surface area (Å²) in [6, 6.07) is 7.64. The first-order chi connectivity index (χ1) is 8.40. The van der Waals surface area contributed by atoms with Gasteiger partial charge in [0.1, 0.15) is 5.75 Å². The van der Waals surface area contributed by atoms with Crippen LogP contribution in [0.5, 0.6) is 5.75 Å². The molecule has 0 saturated carbocycles. The number of quaternary nitrogens is 1. The van der Waals surface area contributed by atoms with Gasteiger partial charge in [-0.15, -0.1) is 0 Å². The predicted octanol–water partition coefficient (Wildman–Crippen LogP) is -0.622. The number of halogens is 1. The van der Waals surface area contributed by atoms with Crippen LogP contribution in [0.15, 0.2) is 30.3 Å². The average molecular weight is 375 g/mol. The van der Waals surface area contributed by atoms with Gasteiger partial charge in [-0.3, -0.25) is 4.79 Å². The molecule has 0 N–H and O–H groups in total. The van der Waals surface area contributed by atoms with Gasteiger partial charge in [-0.1, -0.05) is 18.2 Å². The minimum Gasteiger partial charge on any atom is -1.00 e. The highest BCUT2D eigenvalue weighted by molar-refractivity contribution is 5.93. The summed E-state index contributed by atoms with van der Waals surface area (Å²) >= 11 is 0. The summed E-state index contributed by atoms with van der Waals surface area (Å²) in [6.07, 6.45) is 4.07. The number of nitrogens with zero attached hydrogens (tertiary/aromatic N) is 1. The molecule has 0 radical (unpaired) electrons. The molecule has 1 aromatic carbocycles. The third kappa shape index (κ3) is 8.00. The van der Waals surface area contributed by atoms with Gasteiger partial charge in [0.25, 0.3) is 0 Å². The van der Waals surface area contributed by atoms with E-state index in [0.717, 1.165) is 22.3 Å². The Balaban J connectivity index is 0.00000324. The maximum atomic E-state index is 11.7. The third-order valence-corrected chi connectivity index (χ3v) is 2.61. The molecule has 0 bridgehead atoms. The SMILES string of the molecule is COc1ccc(/C=C/C(=O)CC[N+](C)(C)C)cc1.[I-]. The van der Waals surface area contributed by atoms with E-state index in [0.29, 0.717) is 6.42 Å². The Kier molecular flexibility index (Phi) is 7.94. The Labute approximate surface area is 132 Å². The van der Waals surface area contributed by atoms with Gasteiger partial charge in [0.2, 0.25) is 0 Å². The number of methoxy groups -OCH3 is 1. The van der Waals surface area contributed by atoms with Crippen LogP contribution in [0.2, 0.25) is 0 Å². The van der Waals surface area contributed by atoms with Gasteiger partial charge in [-0.05, 0) is 23.8 Å². The molecule has 0 spiro atoms. The van der Waals surface area contributed by atoms with E-state index in [-0.39, 0.29) is 29.8 Å². The number of rotatable bonds is 6. The zero-order valence-electron chi connectivity index (χ0n) is 12.0. The molecule has 0 aliphatic rings. The molecule has 0 aromatic heterocycles. The minimum absolute atomic E-state index is 0. The van der Waals surface area contributed by atoms with Crippen LogP contribution in [-0.2, 0) is 4.79 Å². The number of benzene rings is 1. The number of carbonyl (C=O) groups excluding carboxylic acids is 1. The molecule has 0 aliphatic heterocycles.